The summed E-state index contributed by atoms with van der Waals surface area (Å²) in [6.07, 6.45) is 3.51. The number of aromatic nitrogens is 1. The van der Waals surface area contributed by atoms with Crippen molar-refractivity contribution in [2.24, 2.45) is 0 Å². The Hall–Kier alpha value is -1.65. The standard InChI is InChI=1S/C9H9BN2O2/c10-9(14)12-8-6-7(2-1-5-13)3-4-11-8/h3-6H,1-2H2,(H,11,12,14). The Balaban J connectivity index is 2.68. The highest BCUT2D eigenvalue weighted by Crippen LogP contribution is 2.08. The van der Waals surface area contributed by atoms with E-state index in [1.165, 1.54) is 0 Å². The maximum atomic E-state index is 10.5. The van der Waals surface area contributed by atoms with Crippen LogP contribution in [0.2, 0.25) is 0 Å². The number of aryl methyl sites for hydroxylation is 1. The minimum absolute atomic E-state index is 0.404. The molecule has 0 aliphatic heterocycles. The molecule has 0 unspecified atom stereocenters. The smallest absolute Gasteiger partial charge is 0.201 e. The van der Waals surface area contributed by atoms with Crippen molar-refractivity contribution in [1.82, 2.24) is 4.98 Å². The lowest BCUT2D eigenvalue weighted by atomic mass is 10.1. The van der Waals surface area contributed by atoms with Crippen molar-refractivity contribution in [3.8, 4) is 0 Å². The van der Waals surface area contributed by atoms with Crippen molar-refractivity contribution in [2.45, 2.75) is 12.8 Å². The van der Waals surface area contributed by atoms with Crippen LogP contribution in [0.1, 0.15) is 12.0 Å². The molecular formula is C9H9BN2O2. The molecule has 1 aromatic rings. The van der Waals surface area contributed by atoms with Crippen molar-refractivity contribution in [1.29, 1.82) is 0 Å². The first-order chi connectivity index (χ1) is 6.72. The van der Waals surface area contributed by atoms with Gasteiger partial charge in [-0.15, -0.1) is 0 Å². The predicted octanol–water partition coefficient (Wildman–Crippen LogP) is 0.913. The number of hydrogen-bond donors (Lipinski definition) is 1. The molecule has 5 heteroatoms. The van der Waals surface area contributed by atoms with Crippen LogP contribution in [0.25, 0.3) is 0 Å². The zero-order chi connectivity index (χ0) is 10.4. The van der Waals surface area contributed by atoms with Crippen molar-refractivity contribution in [2.75, 3.05) is 5.32 Å². The molecule has 0 spiro atoms. The topological polar surface area (TPSA) is 59.1 Å². The molecule has 14 heavy (non-hydrogen) atoms. The summed E-state index contributed by atoms with van der Waals surface area (Å²) >= 11 is 0. The van der Waals surface area contributed by atoms with Crippen LogP contribution in [0.3, 0.4) is 0 Å². The van der Waals surface area contributed by atoms with E-state index in [0.29, 0.717) is 18.7 Å². The molecule has 4 nitrogen and oxygen atoms in total. The van der Waals surface area contributed by atoms with Crippen LogP contribution in [0, 0.1) is 0 Å². The highest BCUT2D eigenvalue weighted by atomic mass is 16.1. The number of carbonyl (C=O) groups excluding carboxylic acids is 2. The number of pyridine rings is 1. The first-order valence-electron chi connectivity index (χ1n) is 4.17. The monoisotopic (exact) mass is 188 g/mol. The number of nitrogens with one attached hydrogen (secondary N) is 1. The lowest BCUT2D eigenvalue weighted by Crippen LogP contribution is -2.09. The van der Waals surface area contributed by atoms with Gasteiger partial charge in [-0.05, 0) is 24.1 Å². The zero-order valence-electron chi connectivity index (χ0n) is 7.56. The third kappa shape index (κ3) is 3.39. The first kappa shape index (κ1) is 10.4. The van der Waals surface area contributed by atoms with E-state index in [1.54, 1.807) is 18.3 Å². The van der Waals surface area contributed by atoms with Gasteiger partial charge in [-0.25, -0.2) is 4.98 Å². The van der Waals surface area contributed by atoms with Crippen LogP contribution in [0.4, 0.5) is 10.6 Å². The fraction of sp³-hybridized carbons (Fsp3) is 0.222. The van der Waals surface area contributed by atoms with Crippen molar-refractivity contribution < 1.29 is 9.59 Å². The summed E-state index contributed by atoms with van der Waals surface area (Å²) < 4.78 is 0. The Morgan fingerprint density at radius 2 is 2.43 bits per heavy atom. The van der Waals surface area contributed by atoms with E-state index in [-0.39, 0.29) is 0 Å². The fourth-order valence-corrected chi connectivity index (χ4v) is 1.05. The second-order valence-corrected chi connectivity index (χ2v) is 2.74. The third-order valence-corrected chi connectivity index (χ3v) is 1.63. The van der Waals surface area contributed by atoms with Gasteiger partial charge in [0.1, 0.15) is 12.1 Å². The van der Waals surface area contributed by atoms with Gasteiger partial charge in [0.2, 0.25) is 7.85 Å². The van der Waals surface area contributed by atoms with E-state index in [9.17, 15) is 9.59 Å². The van der Waals surface area contributed by atoms with E-state index < -0.39 is 5.81 Å². The largest absolute Gasteiger partial charge is 0.321 e. The minimum Gasteiger partial charge on any atom is -0.321 e. The molecule has 1 aromatic heterocycles. The van der Waals surface area contributed by atoms with Gasteiger partial charge >= 0.3 is 0 Å². The predicted molar refractivity (Wildman–Crippen MR) is 53.4 cm³/mol. The van der Waals surface area contributed by atoms with Gasteiger partial charge in [0.05, 0.1) is 0 Å². The molecule has 1 rings (SSSR count). The van der Waals surface area contributed by atoms with Crippen LogP contribution in [0.5, 0.6) is 0 Å². The van der Waals surface area contributed by atoms with Gasteiger partial charge in [0.25, 0.3) is 0 Å². The Morgan fingerprint density at radius 1 is 1.64 bits per heavy atom. The van der Waals surface area contributed by atoms with E-state index in [4.69, 9.17) is 7.85 Å². The molecule has 0 bridgehead atoms. The average Bonchev–Trinajstić information content (AvgIpc) is 2.14. The molecule has 0 aliphatic rings. The Morgan fingerprint density at radius 3 is 3.07 bits per heavy atom. The molecule has 70 valence electrons. The van der Waals surface area contributed by atoms with Crippen molar-refractivity contribution >= 4 is 25.8 Å². The highest BCUT2D eigenvalue weighted by Gasteiger charge is 1.98. The maximum Gasteiger partial charge on any atom is 0.201 e. The number of anilines is 1. The van der Waals surface area contributed by atoms with E-state index in [2.05, 4.69) is 10.3 Å². The van der Waals surface area contributed by atoms with Gasteiger partial charge in [-0.3, -0.25) is 4.79 Å². The number of rotatable bonds is 4. The van der Waals surface area contributed by atoms with Gasteiger partial charge in [0.15, 0.2) is 5.81 Å². The molecule has 0 saturated carbocycles. The molecule has 1 heterocycles. The summed E-state index contributed by atoms with van der Waals surface area (Å²) in [6.45, 7) is 0. The van der Waals surface area contributed by atoms with Gasteiger partial charge in [-0.2, -0.15) is 0 Å². The number of hydrogen-bond acceptors (Lipinski definition) is 3. The summed E-state index contributed by atoms with van der Waals surface area (Å²) in [5.41, 5.74) is 0.941. The number of aldehydes is 1. The maximum absolute atomic E-state index is 10.5. The molecule has 0 aromatic carbocycles. The SMILES string of the molecule is [B]C(=O)Nc1cc(CCC=O)ccn1. The van der Waals surface area contributed by atoms with Crippen molar-refractivity contribution in [3.63, 3.8) is 0 Å². The van der Waals surface area contributed by atoms with Crippen LogP contribution in [-0.4, -0.2) is 24.9 Å². The lowest BCUT2D eigenvalue weighted by molar-refractivity contribution is -0.107. The van der Waals surface area contributed by atoms with Crippen LogP contribution in [0.15, 0.2) is 18.3 Å². The normalized spacial score (nSPS) is 9.43. The van der Waals surface area contributed by atoms with Crippen LogP contribution in [-0.2, 0) is 11.2 Å². The Kier molecular flexibility index (Phi) is 3.85. The van der Waals surface area contributed by atoms with E-state index in [1.807, 2.05) is 0 Å². The first-order valence-corrected chi connectivity index (χ1v) is 4.17. The van der Waals surface area contributed by atoms with Gasteiger partial charge in [-0.1, -0.05) is 0 Å². The second kappa shape index (κ2) is 5.16. The van der Waals surface area contributed by atoms with Gasteiger partial charge < -0.3 is 10.1 Å². The molecule has 0 saturated heterocycles. The summed E-state index contributed by atoms with van der Waals surface area (Å²) in [7, 11) is 4.93. The highest BCUT2D eigenvalue weighted by molar-refractivity contribution is 6.60. The summed E-state index contributed by atoms with van der Waals surface area (Å²) in [4.78, 5) is 24.5. The minimum atomic E-state index is -0.648. The molecule has 0 aliphatic carbocycles. The quantitative estimate of drug-likeness (QED) is 0.564. The molecule has 1 amide bonds. The number of nitrogens with zero attached hydrogens (tertiary/aromatic N) is 1. The summed E-state index contributed by atoms with van der Waals surface area (Å²) in [6, 6.07) is 3.48. The zero-order valence-corrected chi connectivity index (χ0v) is 7.56. The van der Waals surface area contributed by atoms with Gasteiger partial charge in [0, 0.05) is 12.6 Å². The molecule has 2 radical (unpaired) electrons. The molecular weight excluding hydrogens is 179 g/mol. The van der Waals surface area contributed by atoms with Crippen LogP contribution < -0.4 is 5.32 Å². The fourth-order valence-electron chi connectivity index (χ4n) is 1.05. The Labute approximate surface area is 83.1 Å². The lowest BCUT2D eigenvalue weighted by Gasteiger charge is -2.03. The summed E-state index contributed by atoms with van der Waals surface area (Å²) in [5, 5.41) is 2.36. The number of amides is 1. The molecule has 0 atom stereocenters. The van der Waals surface area contributed by atoms with E-state index in [0.717, 1.165) is 11.8 Å². The number of carbonyl (C=O) groups is 2. The molecule has 1 N–H and O–H groups in total. The average molecular weight is 188 g/mol. The Bertz CT molecular complexity index is 341. The van der Waals surface area contributed by atoms with Crippen molar-refractivity contribution in [3.05, 3.63) is 23.9 Å². The second-order valence-electron chi connectivity index (χ2n) is 2.74. The third-order valence-electron chi connectivity index (χ3n) is 1.63. The molecule has 0 fully saturated rings. The van der Waals surface area contributed by atoms with E-state index >= 15 is 0 Å². The summed E-state index contributed by atoms with van der Waals surface area (Å²) in [5.74, 6) is -0.245. The van der Waals surface area contributed by atoms with Crippen LogP contribution >= 0.6 is 0 Å².